The van der Waals surface area contributed by atoms with Crippen molar-refractivity contribution in [2.75, 3.05) is 0 Å². The van der Waals surface area contributed by atoms with Crippen molar-refractivity contribution in [3.8, 4) is 0 Å². The fourth-order valence-electron chi connectivity index (χ4n) is 0.615. The molecule has 8 heteroatoms. The van der Waals surface area contributed by atoms with Crippen LogP contribution in [-0.2, 0) is 19.1 Å². The molecule has 1 saturated heterocycles. The van der Waals surface area contributed by atoms with E-state index in [0.29, 0.717) is 0 Å². The van der Waals surface area contributed by atoms with Gasteiger partial charge in [-0.1, -0.05) is 0 Å². The number of rotatable bonds is 0. The van der Waals surface area contributed by atoms with E-state index in [1.54, 1.807) is 0 Å². The Bertz CT molecular complexity index is 243. The molecule has 0 aromatic heterocycles. The number of halogens is 1. The third-order valence-corrected chi connectivity index (χ3v) is 2.51. The summed E-state index contributed by atoms with van der Waals surface area (Å²) in [6.07, 6.45) is -1.52. The summed E-state index contributed by atoms with van der Waals surface area (Å²) < 4.78 is 9.75. The zero-order valence-electron chi connectivity index (χ0n) is 6.74. The van der Waals surface area contributed by atoms with Gasteiger partial charge >= 0.3 is 88.5 Å². The molecule has 1 fully saturated rings. The van der Waals surface area contributed by atoms with E-state index in [1.165, 1.54) is 0 Å². The Hall–Kier alpha value is -1.19. The average molecular weight is 314 g/mol. The second-order valence-electron chi connectivity index (χ2n) is 2.16. The quantitative estimate of drug-likeness (QED) is 0.165. The molecule has 1 aliphatic heterocycles. The summed E-state index contributed by atoms with van der Waals surface area (Å²) in [4.78, 5) is 43.1. The molecule has 14 heavy (non-hydrogen) atoms. The molecule has 0 saturated carbocycles. The number of esters is 2. The average Bonchev–Trinajstić information content (AvgIpc) is 2.11. The number of nitrogens with one attached hydrogen (secondary N) is 1. The van der Waals surface area contributed by atoms with Crippen molar-refractivity contribution in [2.24, 2.45) is 0 Å². The van der Waals surface area contributed by atoms with Gasteiger partial charge in [0.1, 0.15) is 0 Å². The van der Waals surface area contributed by atoms with Gasteiger partial charge in [0.2, 0.25) is 0 Å². The Morgan fingerprint density at radius 3 is 2.21 bits per heavy atom. The van der Waals surface area contributed by atoms with Gasteiger partial charge in [-0.2, -0.15) is 0 Å². The van der Waals surface area contributed by atoms with Crippen molar-refractivity contribution >= 4 is 22.0 Å². The van der Waals surface area contributed by atoms with E-state index in [0.717, 1.165) is 0 Å². The molecule has 0 atom stereocenters. The van der Waals surface area contributed by atoms with Crippen molar-refractivity contribution in [3.05, 3.63) is 0 Å². The number of hydrogen-bond acceptors (Lipinski definition) is 6. The van der Waals surface area contributed by atoms with Crippen molar-refractivity contribution in [1.29, 1.82) is 0 Å². The Balaban J connectivity index is 2.59. The Kier molecular flexibility index (Phi) is 3.80. The zero-order chi connectivity index (χ0) is 10.6. The number of carbonyl (C=O) groups is 4. The fourth-order valence-corrected chi connectivity index (χ4v) is 1.52. The first kappa shape index (κ1) is 10.9. The van der Waals surface area contributed by atoms with Gasteiger partial charge in [-0.25, -0.2) is 0 Å². The topological polar surface area (TPSA) is 98.8 Å². The summed E-state index contributed by atoms with van der Waals surface area (Å²) >= 11 is -1.47. The molecule has 1 amide bonds. The van der Waals surface area contributed by atoms with Crippen LogP contribution in [0.3, 0.4) is 0 Å². The fraction of sp³-hybridized carbons (Fsp3) is 0.333. The maximum atomic E-state index is 10.8. The molecule has 0 spiro atoms. The van der Waals surface area contributed by atoms with Crippen molar-refractivity contribution in [1.82, 2.24) is 3.53 Å². The summed E-state index contributed by atoms with van der Waals surface area (Å²) in [5.41, 5.74) is 0. The van der Waals surface area contributed by atoms with Crippen LogP contribution in [0.4, 0.5) is 9.59 Å². The van der Waals surface area contributed by atoms with E-state index in [2.05, 4.69) is 13.0 Å². The van der Waals surface area contributed by atoms with E-state index >= 15 is 0 Å². The van der Waals surface area contributed by atoms with Crippen LogP contribution in [0.15, 0.2) is 0 Å². The van der Waals surface area contributed by atoms with Gasteiger partial charge in [-0.05, 0) is 0 Å². The number of amides is 1. The van der Waals surface area contributed by atoms with Gasteiger partial charge in [0.15, 0.2) is 0 Å². The van der Waals surface area contributed by atoms with E-state index < -0.39 is 43.5 Å². The number of cyclic esters (lactones) is 4. The van der Waals surface area contributed by atoms with E-state index in [1.807, 2.05) is 0 Å². The molecule has 7 nitrogen and oxygen atoms in total. The van der Waals surface area contributed by atoms with Crippen LogP contribution in [0, 0.1) is 0 Å². The van der Waals surface area contributed by atoms with Crippen LogP contribution >= 0.6 is 0 Å². The molecular formula is C6H5INO6-. The Labute approximate surface area is 88.7 Å². The summed E-state index contributed by atoms with van der Waals surface area (Å²) in [5.74, 6) is -1.61. The van der Waals surface area contributed by atoms with Crippen molar-refractivity contribution in [2.45, 2.75) is 12.8 Å². The van der Waals surface area contributed by atoms with Gasteiger partial charge in [-0.15, -0.1) is 0 Å². The first-order valence-corrected chi connectivity index (χ1v) is 5.63. The third kappa shape index (κ3) is 3.68. The Morgan fingerprint density at radius 2 is 1.57 bits per heavy atom. The van der Waals surface area contributed by atoms with Gasteiger partial charge in [0.05, 0.1) is 0 Å². The van der Waals surface area contributed by atoms with E-state index in [-0.39, 0.29) is 12.8 Å². The molecule has 0 aromatic rings. The second kappa shape index (κ2) is 4.88. The molecule has 0 bridgehead atoms. The molecule has 1 aliphatic rings. The predicted molar refractivity (Wildman–Crippen MR) is 35.3 cm³/mol. The van der Waals surface area contributed by atoms with Crippen LogP contribution in [-0.4, -0.2) is 22.0 Å². The van der Waals surface area contributed by atoms with Gasteiger partial charge in [-0.3, -0.25) is 0 Å². The van der Waals surface area contributed by atoms with Crippen molar-refractivity contribution in [3.63, 3.8) is 0 Å². The number of hydrogen-bond donors (Lipinski definition) is 1. The van der Waals surface area contributed by atoms with Crippen LogP contribution in [0.2, 0.25) is 0 Å². The standard InChI is InChI=1S/C6H5INO6/c9-3-1-2-4(10)14-6(12)8-7-5(11)13-3/h1-2H2,(H,8,12)/q-1. The minimum atomic E-state index is -1.47. The second-order valence-corrected chi connectivity index (χ2v) is 4.12. The SMILES string of the molecule is O=C1CCC(=O)OC(=O)[I-]NC(=O)O1. The summed E-state index contributed by atoms with van der Waals surface area (Å²) in [5, 5.41) is 0. The molecule has 1 N–H and O–H groups in total. The molecular weight excluding hydrogens is 309 g/mol. The molecule has 0 unspecified atom stereocenters. The van der Waals surface area contributed by atoms with Crippen LogP contribution in [0.1, 0.15) is 12.8 Å². The third-order valence-electron chi connectivity index (χ3n) is 1.14. The monoisotopic (exact) mass is 314 g/mol. The van der Waals surface area contributed by atoms with E-state index in [9.17, 15) is 19.2 Å². The van der Waals surface area contributed by atoms with Crippen LogP contribution in [0.5, 0.6) is 0 Å². The summed E-state index contributed by atoms with van der Waals surface area (Å²) in [7, 11) is 0. The van der Waals surface area contributed by atoms with Gasteiger partial charge in [0, 0.05) is 0 Å². The first-order chi connectivity index (χ1) is 6.58. The van der Waals surface area contributed by atoms with Crippen molar-refractivity contribution < 1.29 is 50.1 Å². The molecule has 1 rings (SSSR count). The molecule has 78 valence electrons. The minimum absolute atomic E-state index is 0.262. The predicted octanol–water partition coefficient (Wildman–Crippen LogP) is -3.30. The number of carbonyl (C=O) groups excluding carboxylic acids is 4. The maximum absolute atomic E-state index is 10.8. The molecule has 1 heterocycles. The van der Waals surface area contributed by atoms with Gasteiger partial charge < -0.3 is 0 Å². The van der Waals surface area contributed by atoms with Crippen LogP contribution in [0.25, 0.3) is 0 Å². The first-order valence-electron chi connectivity index (χ1n) is 3.47. The van der Waals surface area contributed by atoms with E-state index in [4.69, 9.17) is 0 Å². The molecule has 0 radical (unpaired) electrons. The summed E-state index contributed by atoms with van der Waals surface area (Å²) in [6.45, 7) is 0. The van der Waals surface area contributed by atoms with Crippen LogP contribution < -0.4 is 25.0 Å². The normalized spacial score (nSPS) is 20.0. The molecule has 0 aliphatic carbocycles. The number of ether oxygens (including phenoxy) is 2. The Morgan fingerprint density at radius 1 is 1.00 bits per heavy atom. The summed E-state index contributed by atoms with van der Waals surface area (Å²) in [6, 6.07) is 0. The molecule has 0 aromatic carbocycles. The zero-order valence-corrected chi connectivity index (χ0v) is 8.90. The van der Waals surface area contributed by atoms with Gasteiger partial charge in [0.25, 0.3) is 0 Å².